The molecule has 1 saturated carbocycles. The van der Waals surface area contributed by atoms with Crippen molar-refractivity contribution in [2.75, 3.05) is 13.6 Å². The van der Waals surface area contributed by atoms with Gasteiger partial charge in [-0.1, -0.05) is 12.8 Å². The van der Waals surface area contributed by atoms with Gasteiger partial charge in [0.05, 0.1) is 0 Å². The molecule has 6 heteroatoms. The second kappa shape index (κ2) is 4.95. The molecule has 0 bridgehead atoms. The molecule has 100 valence electrons. The zero-order valence-corrected chi connectivity index (χ0v) is 11.4. The molecule has 0 aliphatic heterocycles. The van der Waals surface area contributed by atoms with E-state index in [0.29, 0.717) is 6.54 Å². The monoisotopic (exact) mass is 269 g/mol. The van der Waals surface area contributed by atoms with Crippen LogP contribution in [0.2, 0.25) is 0 Å². The molecule has 0 atom stereocenters. The van der Waals surface area contributed by atoms with E-state index in [9.17, 15) is 8.42 Å². The molecular weight excluding hydrogens is 250 g/mol. The van der Waals surface area contributed by atoms with Crippen molar-refractivity contribution in [3.63, 3.8) is 0 Å². The zero-order chi connectivity index (χ0) is 13.2. The molecule has 0 saturated heterocycles. The van der Waals surface area contributed by atoms with E-state index in [1.54, 1.807) is 25.4 Å². The van der Waals surface area contributed by atoms with E-state index in [-0.39, 0.29) is 4.90 Å². The SMILES string of the molecule is CN(C1(CN)CCCC1)S(=O)(=O)c1cccnc1. The first-order chi connectivity index (χ1) is 8.53. The second-order valence-electron chi connectivity index (χ2n) is 4.80. The van der Waals surface area contributed by atoms with Gasteiger partial charge in [-0.15, -0.1) is 0 Å². The second-order valence-corrected chi connectivity index (χ2v) is 6.77. The molecule has 1 aliphatic rings. The van der Waals surface area contributed by atoms with Gasteiger partial charge in [-0.05, 0) is 25.0 Å². The maximum Gasteiger partial charge on any atom is 0.244 e. The first-order valence-electron chi connectivity index (χ1n) is 6.12. The number of pyridine rings is 1. The summed E-state index contributed by atoms with van der Waals surface area (Å²) >= 11 is 0. The van der Waals surface area contributed by atoms with Gasteiger partial charge >= 0.3 is 0 Å². The minimum atomic E-state index is -3.50. The van der Waals surface area contributed by atoms with E-state index in [2.05, 4.69) is 4.98 Å². The van der Waals surface area contributed by atoms with Crippen molar-refractivity contribution in [2.24, 2.45) is 5.73 Å². The lowest BCUT2D eigenvalue weighted by atomic mass is 9.98. The van der Waals surface area contributed by atoms with Gasteiger partial charge in [-0.25, -0.2) is 8.42 Å². The Hall–Kier alpha value is -0.980. The molecule has 2 N–H and O–H groups in total. The minimum Gasteiger partial charge on any atom is -0.329 e. The van der Waals surface area contributed by atoms with Crippen LogP contribution < -0.4 is 5.73 Å². The number of hydrogen-bond donors (Lipinski definition) is 1. The number of nitrogens with zero attached hydrogens (tertiary/aromatic N) is 2. The Morgan fingerprint density at radius 1 is 1.44 bits per heavy atom. The van der Waals surface area contributed by atoms with E-state index in [4.69, 9.17) is 5.73 Å². The number of sulfonamides is 1. The van der Waals surface area contributed by atoms with Crippen LogP contribution >= 0.6 is 0 Å². The van der Waals surface area contributed by atoms with Crippen molar-refractivity contribution in [3.8, 4) is 0 Å². The fourth-order valence-electron chi connectivity index (χ4n) is 2.59. The van der Waals surface area contributed by atoms with Crippen LogP contribution in [0, 0.1) is 0 Å². The molecule has 5 nitrogen and oxygen atoms in total. The summed E-state index contributed by atoms with van der Waals surface area (Å²) in [7, 11) is -1.88. The molecule has 2 rings (SSSR count). The lowest BCUT2D eigenvalue weighted by Gasteiger charge is -2.36. The summed E-state index contributed by atoms with van der Waals surface area (Å²) in [5.74, 6) is 0. The molecular formula is C12H19N3O2S. The quantitative estimate of drug-likeness (QED) is 0.883. The lowest BCUT2D eigenvalue weighted by Crippen LogP contribution is -2.52. The van der Waals surface area contributed by atoms with Gasteiger partial charge < -0.3 is 5.73 Å². The van der Waals surface area contributed by atoms with Crippen LogP contribution in [0.3, 0.4) is 0 Å². The van der Waals surface area contributed by atoms with Crippen molar-refractivity contribution in [1.29, 1.82) is 0 Å². The molecule has 1 aliphatic carbocycles. The molecule has 0 spiro atoms. The van der Waals surface area contributed by atoms with Gasteiger partial charge in [-0.2, -0.15) is 4.31 Å². The predicted molar refractivity (Wildman–Crippen MR) is 69.4 cm³/mol. The van der Waals surface area contributed by atoms with E-state index in [1.165, 1.54) is 10.5 Å². The van der Waals surface area contributed by atoms with Crippen molar-refractivity contribution >= 4 is 10.0 Å². The molecule has 1 aromatic rings. The molecule has 1 aromatic heterocycles. The summed E-state index contributed by atoms with van der Waals surface area (Å²) in [5.41, 5.74) is 5.40. The Balaban J connectivity index is 2.36. The third kappa shape index (κ3) is 2.15. The van der Waals surface area contributed by atoms with Gasteiger partial charge in [0.1, 0.15) is 4.90 Å². The minimum absolute atomic E-state index is 0.229. The van der Waals surface area contributed by atoms with Gasteiger partial charge in [0.2, 0.25) is 10.0 Å². The van der Waals surface area contributed by atoms with Gasteiger partial charge in [0, 0.05) is 31.5 Å². The third-order valence-electron chi connectivity index (χ3n) is 3.88. The van der Waals surface area contributed by atoms with Crippen LogP contribution in [-0.2, 0) is 10.0 Å². The van der Waals surface area contributed by atoms with Gasteiger partial charge in [0.25, 0.3) is 0 Å². The van der Waals surface area contributed by atoms with Crippen LogP contribution in [0.15, 0.2) is 29.4 Å². The number of hydrogen-bond acceptors (Lipinski definition) is 4. The fraction of sp³-hybridized carbons (Fsp3) is 0.583. The normalized spacial score (nSPS) is 19.3. The van der Waals surface area contributed by atoms with Gasteiger partial charge in [0.15, 0.2) is 0 Å². The summed E-state index contributed by atoms with van der Waals surface area (Å²) in [4.78, 5) is 4.10. The summed E-state index contributed by atoms with van der Waals surface area (Å²) in [5, 5.41) is 0. The van der Waals surface area contributed by atoms with E-state index < -0.39 is 15.6 Å². The van der Waals surface area contributed by atoms with Crippen LogP contribution in [0.25, 0.3) is 0 Å². The van der Waals surface area contributed by atoms with Crippen LogP contribution in [0.4, 0.5) is 0 Å². The van der Waals surface area contributed by atoms with Crippen LogP contribution in [0.1, 0.15) is 25.7 Å². The van der Waals surface area contributed by atoms with Gasteiger partial charge in [-0.3, -0.25) is 4.98 Å². The smallest absolute Gasteiger partial charge is 0.244 e. The average molecular weight is 269 g/mol. The summed E-state index contributed by atoms with van der Waals surface area (Å²) < 4.78 is 26.5. The van der Waals surface area contributed by atoms with E-state index in [1.807, 2.05) is 0 Å². The van der Waals surface area contributed by atoms with Crippen LogP contribution in [0.5, 0.6) is 0 Å². The van der Waals surface area contributed by atoms with Crippen molar-refractivity contribution < 1.29 is 8.42 Å². The molecule has 0 radical (unpaired) electrons. The number of aromatic nitrogens is 1. The summed E-state index contributed by atoms with van der Waals surface area (Å²) in [6.45, 7) is 0.364. The highest BCUT2D eigenvalue weighted by Crippen LogP contribution is 2.36. The molecule has 0 unspecified atom stereocenters. The molecule has 1 heterocycles. The van der Waals surface area contributed by atoms with Crippen LogP contribution in [-0.4, -0.2) is 36.8 Å². The lowest BCUT2D eigenvalue weighted by molar-refractivity contribution is 0.230. The average Bonchev–Trinajstić information content (AvgIpc) is 2.88. The maximum absolute atomic E-state index is 12.5. The molecule has 18 heavy (non-hydrogen) atoms. The molecule has 0 amide bonds. The Bertz CT molecular complexity index is 495. The topological polar surface area (TPSA) is 76.3 Å². The maximum atomic E-state index is 12.5. The predicted octanol–water partition coefficient (Wildman–Crippen LogP) is 0.974. The Morgan fingerprint density at radius 3 is 2.61 bits per heavy atom. The number of likely N-dealkylation sites (N-methyl/N-ethyl adjacent to an activating group) is 1. The highest BCUT2D eigenvalue weighted by molar-refractivity contribution is 7.89. The van der Waals surface area contributed by atoms with E-state index >= 15 is 0 Å². The fourth-order valence-corrected chi connectivity index (χ4v) is 4.12. The van der Waals surface area contributed by atoms with E-state index in [0.717, 1.165) is 25.7 Å². The Morgan fingerprint density at radius 2 is 2.11 bits per heavy atom. The molecule has 0 aromatic carbocycles. The summed E-state index contributed by atoms with van der Waals surface area (Å²) in [6.07, 6.45) is 6.67. The number of nitrogens with two attached hydrogens (primary N) is 1. The van der Waals surface area contributed by atoms with Crippen molar-refractivity contribution in [1.82, 2.24) is 9.29 Å². The Kier molecular flexibility index (Phi) is 3.70. The Labute approximate surface area is 108 Å². The standard InChI is InChI=1S/C12H19N3O2S/c1-15(12(10-13)6-2-3-7-12)18(16,17)11-5-4-8-14-9-11/h4-5,8-9H,2-3,6-7,10,13H2,1H3. The first-order valence-corrected chi connectivity index (χ1v) is 7.56. The third-order valence-corrected chi connectivity index (χ3v) is 5.82. The van der Waals surface area contributed by atoms with Crippen molar-refractivity contribution in [3.05, 3.63) is 24.5 Å². The largest absolute Gasteiger partial charge is 0.329 e. The highest BCUT2D eigenvalue weighted by Gasteiger charge is 2.42. The first kappa shape index (κ1) is 13.5. The highest BCUT2D eigenvalue weighted by atomic mass is 32.2. The summed E-state index contributed by atoms with van der Waals surface area (Å²) in [6, 6.07) is 3.20. The number of rotatable bonds is 4. The zero-order valence-electron chi connectivity index (χ0n) is 10.5. The molecule has 1 fully saturated rings. The van der Waals surface area contributed by atoms with Crippen molar-refractivity contribution in [2.45, 2.75) is 36.1 Å².